The molecule has 2 aliphatic rings. The number of esters is 1. The van der Waals surface area contributed by atoms with Gasteiger partial charge in [-0.15, -0.1) is 10.2 Å². The molecule has 0 bridgehead atoms. The molecule has 4 aromatic rings. The van der Waals surface area contributed by atoms with E-state index in [0.717, 1.165) is 0 Å². The molecule has 2 aliphatic carbocycles. The Bertz CT molecular complexity index is 1880. The van der Waals surface area contributed by atoms with E-state index in [2.05, 4.69) is 75.6 Å². The number of halogens is 2. The minimum Gasteiger partial charge on any atom is -0.870 e. The minimum absolute atomic E-state index is 0. The van der Waals surface area contributed by atoms with Crippen LogP contribution in [0.5, 0.6) is 11.8 Å². The van der Waals surface area contributed by atoms with E-state index in [4.69, 9.17) is 42.5 Å². The molecule has 13 nitrogen and oxygen atoms in total. The fourth-order valence-electron chi connectivity index (χ4n) is 6.49. The molecule has 4 heterocycles. The fraction of sp³-hybridized carbons (Fsp3) is 0.500. The molecule has 0 aromatic carbocycles. The molecular weight excluding hydrogens is 722 g/mol. The van der Waals surface area contributed by atoms with Crippen molar-refractivity contribution < 1.29 is 63.9 Å². The summed E-state index contributed by atoms with van der Waals surface area (Å²) in [7, 11) is 0. The van der Waals surface area contributed by atoms with Crippen molar-refractivity contribution in [2.45, 2.75) is 62.3 Å². The summed E-state index contributed by atoms with van der Waals surface area (Å²) in [6.45, 7) is 21.3. The fourth-order valence-corrected chi connectivity index (χ4v) is 6.94. The van der Waals surface area contributed by atoms with Crippen LogP contribution in [0.15, 0.2) is 48.8 Å². The summed E-state index contributed by atoms with van der Waals surface area (Å²) in [6.07, 6.45) is 3.46. The molecule has 0 spiro atoms. The molecular formula is C36H45Cl2N6NaO7. The third kappa shape index (κ3) is 8.45. The van der Waals surface area contributed by atoms with Crippen LogP contribution in [-0.2, 0) is 4.74 Å². The molecule has 2 saturated carbocycles. The molecule has 16 heteroatoms. The molecule has 0 aliphatic heterocycles. The van der Waals surface area contributed by atoms with E-state index in [1.54, 1.807) is 54.3 Å². The van der Waals surface area contributed by atoms with Crippen LogP contribution in [0.1, 0.15) is 83.0 Å². The van der Waals surface area contributed by atoms with Gasteiger partial charge in [0.1, 0.15) is 10.3 Å². The Hall–Kier alpha value is -3.20. The van der Waals surface area contributed by atoms with Gasteiger partial charge < -0.3 is 24.8 Å². The Morgan fingerprint density at radius 3 is 1.42 bits per heavy atom. The van der Waals surface area contributed by atoms with Gasteiger partial charge in [0.2, 0.25) is 11.8 Å². The van der Waals surface area contributed by atoms with Crippen LogP contribution in [0.25, 0.3) is 11.6 Å². The van der Waals surface area contributed by atoms with E-state index in [0.29, 0.717) is 48.4 Å². The van der Waals surface area contributed by atoms with Gasteiger partial charge in [-0.3, -0.25) is 0 Å². The Labute approximate surface area is 336 Å². The molecule has 0 saturated heterocycles. The minimum atomic E-state index is -1.11. The molecule has 4 aromatic heterocycles. The number of nitrogens with zero attached hydrogens (tertiary/aromatic N) is 6. The first-order valence-corrected chi connectivity index (χ1v) is 17.2. The van der Waals surface area contributed by atoms with Crippen LogP contribution in [0, 0.1) is 33.5 Å². The van der Waals surface area contributed by atoms with Gasteiger partial charge in [-0.1, -0.05) is 78.6 Å². The van der Waals surface area contributed by atoms with E-state index < -0.39 is 11.9 Å². The summed E-state index contributed by atoms with van der Waals surface area (Å²) >= 11 is 12.0. The maximum absolute atomic E-state index is 11.8. The number of carboxylic acid groups (broad SMARTS) is 1. The maximum atomic E-state index is 11.8. The molecule has 0 radical (unpaired) electrons. The van der Waals surface area contributed by atoms with Crippen LogP contribution >= 0.6 is 23.2 Å². The number of hydrogen-bond acceptors (Lipinski definition) is 10. The van der Waals surface area contributed by atoms with Gasteiger partial charge in [-0.2, -0.15) is 0 Å². The molecule has 6 rings (SSSR count). The average Bonchev–Trinajstić information content (AvgIpc) is 3.47. The first-order chi connectivity index (χ1) is 23.3. The van der Waals surface area contributed by atoms with Crippen LogP contribution in [0.3, 0.4) is 0 Å². The molecule has 0 atom stereocenters. The first kappa shape index (κ1) is 43.2. The normalized spacial score (nSPS) is 17.4. The van der Waals surface area contributed by atoms with Crippen LogP contribution in [0.2, 0.25) is 10.3 Å². The average molecular weight is 768 g/mol. The monoisotopic (exact) mass is 766 g/mol. The van der Waals surface area contributed by atoms with Crippen LogP contribution in [0.4, 0.5) is 0 Å². The molecule has 52 heavy (non-hydrogen) atoms. The van der Waals surface area contributed by atoms with Gasteiger partial charge in [-0.25, -0.2) is 28.9 Å². The Balaban J connectivity index is 0.000000271. The number of carboxylic acids is 1. The third-order valence-electron chi connectivity index (χ3n) is 11.4. The zero-order valence-electron chi connectivity index (χ0n) is 31.3. The second-order valence-electron chi connectivity index (χ2n) is 14.9. The van der Waals surface area contributed by atoms with Crippen LogP contribution < -0.4 is 39.0 Å². The van der Waals surface area contributed by atoms with Crippen molar-refractivity contribution >= 4 is 35.1 Å². The number of pyridine rings is 2. The van der Waals surface area contributed by atoms with Gasteiger partial charge in [-0.05, 0) is 52.8 Å². The molecule has 2 N–H and O–H groups in total. The van der Waals surface area contributed by atoms with E-state index in [1.807, 2.05) is 0 Å². The number of carbonyl (C=O) groups excluding carboxylic acids is 1. The summed E-state index contributed by atoms with van der Waals surface area (Å²) in [5, 5.41) is 17.7. The smallest absolute Gasteiger partial charge is 0.870 e. The predicted molar refractivity (Wildman–Crippen MR) is 191 cm³/mol. The van der Waals surface area contributed by atoms with Crippen molar-refractivity contribution in [1.29, 1.82) is 0 Å². The largest absolute Gasteiger partial charge is 1.00 e. The van der Waals surface area contributed by atoms with E-state index in [-0.39, 0.29) is 84.7 Å². The van der Waals surface area contributed by atoms with Crippen molar-refractivity contribution in [2.24, 2.45) is 33.5 Å². The van der Waals surface area contributed by atoms with E-state index >= 15 is 0 Å². The summed E-state index contributed by atoms with van der Waals surface area (Å²) < 4.78 is 19.7. The maximum Gasteiger partial charge on any atom is 1.00 e. The van der Waals surface area contributed by atoms with Gasteiger partial charge in [0.05, 0.1) is 30.9 Å². The Kier molecular flexibility index (Phi) is 13.3. The third-order valence-corrected chi connectivity index (χ3v) is 12.0. The molecule has 0 amide bonds. The van der Waals surface area contributed by atoms with Gasteiger partial charge in [0.15, 0.2) is 11.6 Å². The van der Waals surface area contributed by atoms with E-state index in [9.17, 15) is 9.59 Å². The Morgan fingerprint density at radius 2 is 1.10 bits per heavy atom. The van der Waals surface area contributed by atoms with E-state index in [1.165, 1.54) is 10.7 Å². The number of ether oxygens (including phenoxy) is 3. The Morgan fingerprint density at radius 1 is 0.712 bits per heavy atom. The summed E-state index contributed by atoms with van der Waals surface area (Å²) in [6, 6.07) is 9.76. The van der Waals surface area contributed by atoms with Gasteiger partial charge in [0, 0.05) is 36.4 Å². The van der Waals surface area contributed by atoms with Gasteiger partial charge in [0.25, 0.3) is 0 Å². The van der Waals surface area contributed by atoms with Gasteiger partial charge >= 0.3 is 41.5 Å². The standard InChI is InChI=1S/C19H24ClN3O3.C17H20ClN3O3.Na.H2O/c1-6-25-17(24)12-7-8-14(21-16(12)20)23-10-9-15(22-23)26-11-13-18(2,3)19(13,4)5;1-16(2)11(17(16,3)4)9-24-13-7-8-21(20-13)12-6-5-10(15(22)23)14(18)19-12;;/h7-10,13H,6,11H2,1-5H3;5-8,11H,9H2,1-4H3,(H,22,23);;1H2/q;;+1;/p-1. The number of aromatic nitrogens is 6. The summed E-state index contributed by atoms with van der Waals surface area (Å²) in [4.78, 5) is 31.0. The first-order valence-electron chi connectivity index (χ1n) is 16.4. The summed E-state index contributed by atoms with van der Waals surface area (Å²) in [5.74, 6) is 1.37. The zero-order valence-corrected chi connectivity index (χ0v) is 34.8. The van der Waals surface area contributed by atoms with Crippen molar-refractivity contribution in [3.05, 3.63) is 70.2 Å². The zero-order chi connectivity index (χ0) is 36.8. The SMILES string of the molecule is CC1(C)C(COc2ccn(-c3ccc(C(=O)O)c(Cl)n3)n2)C1(C)C.CCOC(=O)c1ccc(-n2ccc(OCC3C(C)(C)C3(C)C)n2)nc1Cl.[Na+].[OH-]. The number of hydrogen-bond donors (Lipinski definition) is 1. The summed E-state index contributed by atoms with van der Waals surface area (Å²) in [5.41, 5.74) is 1.26. The number of rotatable bonds is 11. The second kappa shape index (κ2) is 16.0. The molecule has 276 valence electrons. The quantitative estimate of drug-likeness (QED) is 0.128. The molecule has 2 fully saturated rings. The van der Waals surface area contributed by atoms with Crippen molar-refractivity contribution in [3.8, 4) is 23.4 Å². The second-order valence-corrected chi connectivity index (χ2v) is 15.6. The van der Waals surface area contributed by atoms with Crippen molar-refractivity contribution in [3.63, 3.8) is 0 Å². The number of carbonyl (C=O) groups is 2. The molecule has 0 unspecified atom stereocenters. The van der Waals surface area contributed by atoms with Crippen molar-refractivity contribution in [2.75, 3.05) is 19.8 Å². The number of aromatic carboxylic acids is 1. The topological polar surface area (TPSA) is 173 Å². The van der Waals surface area contributed by atoms with Crippen LogP contribution in [-0.4, -0.2) is 71.9 Å². The predicted octanol–water partition coefficient (Wildman–Crippen LogP) is 4.67. The van der Waals surface area contributed by atoms with Crippen molar-refractivity contribution in [1.82, 2.24) is 29.5 Å².